The van der Waals surface area contributed by atoms with E-state index in [-0.39, 0.29) is 23.6 Å². The van der Waals surface area contributed by atoms with Crippen LogP contribution >= 0.6 is 0 Å². The van der Waals surface area contributed by atoms with Gasteiger partial charge in [0.05, 0.1) is 17.7 Å². The number of imide groups is 1. The smallest absolute Gasteiger partial charge is 0.354 e. The van der Waals surface area contributed by atoms with Crippen molar-refractivity contribution < 1.29 is 27.6 Å². The molecule has 1 aromatic rings. The molecule has 0 aromatic heterocycles. The number of nitrogens with one attached hydrogen (secondary N) is 1. The number of carbonyl (C=O) groups excluding carboxylic acids is 3. The molecular weight excluding hydrogens is 363 g/mol. The molecule has 1 saturated heterocycles. The van der Waals surface area contributed by atoms with E-state index in [4.69, 9.17) is 0 Å². The topological polar surface area (TPSA) is 69.7 Å². The zero-order chi connectivity index (χ0) is 19.6. The minimum atomic E-state index is -4.20. The number of piperidine rings is 1. The van der Waals surface area contributed by atoms with Gasteiger partial charge in [-0.25, -0.2) is 0 Å². The first-order chi connectivity index (χ1) is 12.7. The quantitative estimate of drug-likeness (QED) is 0.786. The minimum absolute atomic E-state index is 0.0839. The molecule has 3 amide bonds. The van der Waals surface area contributed by atoms with Gasteiger partial charge in [0.15, 0.2) is 0 Å². The highest BCUT2D eigenvalue weighted by Gasteiger charge is 2.36. The predicted molar refractivity (Wildman–Crippen MR) is 90.0 cm³/mol. The number of hydrogen-bond acceptors (Lipinski definition) is 4. The van der Waals surface area contributed by atoms with Crippen LogP contribution in [0.4, 0.5) is 13.2 Å². The molecule has 1 fully saturated rings. The zero-order valence-electron chi connectivity index (χ0n) is 14.6. The van der Waals surface area contributed by atoms with Crippen molar-refractivity contribution in [2.75, 3.05) is 32.7 Å². The number of benzene rings is 1. The largest absolute Gasteiger partial charge is 0.401 e. The Morgan fingerprint density at radius 3 is 2.15 bits per heavy atom. The first-order valence-corrected chi connectivity index (χ1v) is 8.75. The molecule has 0 saturated carbocycles. The molecule has 3 rings (SSSR count). The van der Waals surface area contributed by atoms with E-state index in [0.29, 0.717) is 32.5 Å². The van der Waals surface area contributed by atoms with Gasteiger partial charge in [-0.2, -0.15) is 13.2 Å². The molecule has 0 aliphatic carbocycles. The van der Waals surface area contributed by atoms with Gasteiger partial charge >= 0.3 is 6.18 Å². The molecule has 6 nitrogen and oxygen atoms in total. The Kier molecular flexibility index (Phi) is 5.50. The molecular formula is C18H20F3N3O3. The van der Waals surface area contributed by atoms with Crippen LogP contribution in [0.2, 0.25) is 0 Å². The fourth-order valence-electron chi connectivity index (χ4n) is 3.44. The highest BCUT2D eigenvalue weighted by Crippen LogP contribution is 2.23. The molecule has 2 aliphatic heterocycles. The van der Waals surface area contributed by atoms with Crippen LogP contribution in [-0.4, -0.2) is 66.4 Å². The number of alkyl halides is 3. The van der Waals surface area contributed by atoms with Gasteiger partial charge in [0.1, 0.15) is 6.54 Å². The number of halogens is 3. The SMILES string of the molecule is O=C(CN1C(=O)c2ccccc2C1=O)NCC1CCN(CC(F)(F)F)CC1. The third-order valence-corrected chi connectivity index (χ3v) is 4.88. The molecule has 0 spiro atoms. The van der Waals surface area contributed by atoms with Gasteiger partial charge in [0.25, 0.3) is 11.8 Å². The molecule has 0 unspecified atom stereocenters. The van der Waals surface area contributed by atoms with Crippen molar-refractivity contribution in [3.63, 3.8) is 0 Å². The van der Waals surface area contributed by atoms with Crippen molar-refractivity contribution >= 4 is 17.7 Å². The Morgan fingerprint density at radius 1 is 1.07 bits per heavy atom. The molecule has 2 heterocycles. The van der Waals surface area contributed by atoms with E-state index in [1.54, 1.807) is 24.3 Å². The summed E-state index contributed by atoms with van der Waals surface area (Å²) in [6, 6.07) is 6.39. The van der Waals surface area contributed by atoms with Crippen molar-refractivity contribution in [3.05, 3.63) is 35.4 Å². The third-order valence-electron chi connectivity index (χ3n) is 4.88. The maximum Gasteiger partial charge on any atom is 0.401 e. The van der Waals surface area contributed by atoms with Crippen LogP contribution in [0.1, 0.15) is 33.6 Å². The number of hydrogen-bond donors (Lipinski definition) is 1. The number of carbonyl (C=O) groups is 3. The molecule has 0 atom stereocenters. The fraction of sp³-hybridized carbons (Fsp3) is 0.500. The van der Waals surface area contributed by atoms with Crippen LogP contribution in [0, 0.1) is 5.92 Å². The highest BCUT2D eigenvalue weighted by atomic mass is 19.4. The summed E-state index contributed by atoms with van der Waals surface area (Å²) in [5, 5.41) is 2.68. The summed E-state index contributed by atoms with van der Waals surface area (Å²) < 4.78 is 37.2. The Morgan fingerprint density at radius 2 is 1.63 bits per heavy atom. The monoisotopic (exact) mass is 383 g/mol. The average molecular weight is 383 g/mol. The van der Waals surface area contributed by atoms with E-state index in [1.807, 2.05) is 0 Å². The minimum Gasteiger partial charge on any atom is -0.354 e. The second-order valence-electron chi connectivity index (χ2n) is 6.88. The Labute approximate surface area is 154 Å². The summed E-state index contributed by atoms with van der Waals surface area (Å²) >= 11 is 0. The Hall–Kier alpha value is -2.42. The predicted octanol–water partition coefficient (Wildman–Crippen LogP) is 1.67. The summed E-state index contributed by atoms with van der Waals surface area (Å²) in [5.74, 6) is -1.36. The van der Waals surface area contributed by atoms with E-state index in [2.05, 4.69) is 5.32 Å². The summed E-state index contributed by atoms with van der Waals surface area (Å²) in [7, 11) is 0. The molecule has 9 heteroatoms. The molecule has 146 valence electrons. The molecule has 1 N–H and O–H groups in total. The van der Waals surface area contributed by atoms with Gasteiger partial charge < -0.3 is 5.32 Å². The maximum absolute atomic E-state index is 12.4. The van der Waals surface area contributed by atoms with Crippen LogP contribution < -0.4 is 5.32 Å². The van der Waals surface area contributed by atoms with Crippen molar-refractivity contribution in [1.29, 1.82) is 0 Å². The van der Waals surface area contributed by atoms with E-state index < -0.39 is 30.4 Å². The number of fused-ring (bicyclic) bond motifs is 1. The highest BCUT2D eigenvalue weighted by molar-refractivity contribution is 6.22. The van der Waals surface area contributed by atoms with Crippen LogP contribution in [0.3, 0.4) is 0 Å². The van der Waals surface area contributed by atoms with Gasteiger partial charge in [-0.05, 0) is 44.0 Å². The average Bonchev–Trinajstić information content (AvgIpc) is 2.85. The summed E-state index contributed by atoms with van der Waals surface area (Å²) in [6.07, 6.45) is -3.08. The number of likely N-dealkylation sites (tertiary alicyclic amines) is 1. The Balaban J connectivity index is 1.44. The first kappa shape index (κ1) is 19.3. The molecule has 2 aliphatic rings. The third kappa shape index (κ3) is 4.65. The van der Waals surface area contributed by atoms with Crippen LogP contribution in [0.5, 0.6) is 0 Å². The standard InChI is InChI=1S/C18H20F3N3O3/c19-18(20,21)11-23-7-5-12(6-8-23)9-22-15(25)10-24-16(26)13-3-1-2-4-14(13)17(24)27/h1-4,12H,5-11H2,(H,22,25). The Bertz CT molecular complexity index is 708. The van der Waals surface area contributed by atoms with E-state index in [9.17, 15) is 27.6 Å². The lowest BCUT2D eigenvalue weighted by atomic mass is 9.97. The second-order valence-corrected chi connectivity index (χ2v) is 6.88. The maximum atomic E-state index is 12.4. The molecule has 27 heavy (non-hydrogen) atoms. The van der Waals surface area contributed by atoms with Crippen LogP contribution in [0.25, 0.3) is 0 Å². The molecule has 0 radical (unpaired) electrons. The van der Waals surface area contributed by atoms with Crippen LogP contribution in [0.15, 0.2) is 24.3 Å². The zero-order valence-corrected chi connectivity index (χ0v) is 14.6. The summed E-state index contributed by atoms with van der Waals surface area (Å²) in [5.41, 5.74) is 0.569. The van der Waals surface area contributed by atoms with E-state index in [0.717, 1.165) is 4.90 Å². The lowest BCUT2D eigenvalue weighted by Crippen LogP contribution is -2.44. The van der Waals surface area contributed by atoms with Gasteiger partial charge in [0, 0.05) is 6.54 Å². The van der Waals surface area contributed by atoms with Gasteiger partial charge in [-0.3, -0.25) is 24.2 Å². The molecule has 1 aromatic carbocycles. The summed E-state index contributed by atoms with van der Waals surface area (Å²) in [6.45, 7) is -0.288. The van der Waals surface area contributed by atoms with Crippen LogP contribution in [-0.2, 0) is 4.79 Å². The fourth-order valence-corrected chi connectivity index (χ4v) is 3.44. The second kappa shape index (κ2) is 7.67. The lowest BCUT2D eigenvalue weighted by molar-refractivity contribution is -0.148. The van der Waals surface area contributed by atoms with Gasteiger partial charge in [-0.1, -0.05) is 12.1 Å². The van der Waals surface area contributed by atoms with Crippen molar-refractivity contribution in [1.82, 2.24) is 15.1 Å². The summed E-state index contributed by atoms with van der Waals surface area (Å²) in [4.78, 5) is 38.8. The normalized spacial score (nSPS) is 18.7. The number of rotatable bonds is 5. The van der Waals surface area contributed by atoms with Gasteiger partial charge in [-0.15, -0.1) is 0 Å². The number of amides is 3. The molecule has 0 bridgehead atoms. The first-order valence-electron chi connectivity index (χ1n) is 8.75. The van der Waals surface area contributed by atoms with E-state index >= 15 is 0 Å². The number of nitrogens with zero attached hydrogens (tertiary/aromatic N) is 2. The van der Waals surface area contributed by atoms with Crippen molar-refractivity contribution in [2.24, 2.45) is 5.92 Å². The van der Waals surface area contributed by atoms with Gasteiger partial charge in [0.2, 0.25) is 5.91 Å². The van der Waals surface area contributed by atoms with Crippen molar-refractivity contribution in [3.8, 4) is 0 Å². The van der Waals surface area contributed by atoms with E-state index in [1.165, 1.54) is 4.90 Å². The lowest BCUT2D eigenvalue weighted by Gasteiger charge is -2.32. The van der Waals surface area contributed by atoms with Crippen molar-refractivity contribution in [2.45, 2.75) is 19.0 Å².